The third-order valence-corrected chi connectivity index (χ3v) is 9.82. The number of hydrogen-bond acceptors (Lipinski definition) is 7. The summed E-state index contributed by atoms with van der Waals surface area (Å²) in [5.74, 6) is 4.83. The van der Waals surface area contributed by atoms with Gasteiger partial charge in [0.15, 0.2) is 5.69 Å². The summed E-state index contributed by atoms with van der Waals surface area (Å²) in [5, 5.41) is 12.5. The second-order valence-electron chi connectivity index (χ2n) is 10.7. The number of thiazole rings is 1. The number of halogens is 2. The summed E-state index contributed by atoms with van der Waals surface area (Å²) in [7, 11) is -1.96. The maximum atomic E-state index is 15.0. The summed E-state index contributed by atoms with van der Waals surface area (Å²) in [4.78, 5) is 18.8. The van der Waals surface area contributed by atoms with Crippen LogP contribution >= 0.6 is 22.7 Å². The van der Waals surface area contributed by atoms with E-state index in [4.69, 9.17) is 15.0 Å². The third-order valence-electron chi connectivity index (χ3n) is 7.32. The zero-order valence-electron chi connectivity index (χ0n) is 24.4. The predicted molar refractivity (Wildman–Crippen MR) is 172 cm³/mol. The number of carbonyl (C=O) groups excluding carboxylic acids is 1. The van der Waals surface area contributed by atoms with Crippen molar-refractivity contribution in [3.05, 3.63) is 103 Å². The predicted octanol–water partition coefficient (Wildman–Crippen LogP) is 6.75. The number of benzene rings is 2. The zero-order valence-corrected chi connectivity index (χ0v) is 26.9. The number of hydrogen-bond donors (Lipinski definition) is 1. The Bertz CT molecular complexity index is 2000. The molecule has 3 heterocycles. The molecule has 45 heavy (non-hydrogen) atoms. The van der Waals surface area contributed by atoms with E-state index in [9.17, 15) is 13.4 Å². The van der Waals surface area contributed by atoms with Gasteiger partial charge in [0.2, 0.25) is 5.13 Å². The fourth-order valence-electron chi connectivity index (χ4n) is 4.95. The molecule has 5 aromatic rings. The van der Waals surface area contributed by atoms with Crippen molar-refractivity contribution in [3.8, 4) is 28.2 Å². The number of nitrogens with two attached hydrogens (primary N) is 1. The molecule has 0 spiro atoms. The highest BCUT2D eigenvalue weighted by atomic mass is 32.2. The van der Waals surface area contributed by atoms with Crippen LogP contribution in [0.25, 0.3) is 16.4 Å². The standard InChI is InChI=1S/C33H28F2N4O3S3/c1-3-42-32(40)28-18-43-33(37-28)39-29(16-20-5-6-20)25(14-21-7-13-30(45(36)41)27(35)15-21)31(38-39)23-9-12-26(34)22(17-23)8-11-24-10-4-19(2)44-24/h4,7,9-10,12-13,15,17-18,20H,3,5-6,14,16,36H2,1-2H3. The van der Waals surface area contributed by atoms with E-state index in [1.165, 1.54) is 40.9 Å². The van der Waals surface area contributed by atoms with Crippen molar-refractivity contribution in [1.82, 2.24) is 14.8 Å². The van der Waals surface area contributed by atoms with E-state index in [2.05, 4.69) is 16.8 Å². The first-order valence-corrected chi connectivity index (χ1v) is 17.2. The van der Waals surface area contributed by atoms with Gasteiger partial charge in [0, 0.05) is 27.8 Å². The molecule has 2 N–H and O–H groups in total. The van der Waals surface area contributed by atoms with Crippen molar-refractivity contribution >= 4 is 39.6 Å². The molecule has 1 unspecified atom stereocenters. The quantitative estimate of drug-likeness (QED) is 0.139. The van der Waals surface area contributed by atoms with Crippen molar-refractivity contribution in [2.24, 2.45) is 11.1 Å². The molecule has 0 bridgehead atoms. The Morgan fingerprint density at radius 1 is 1.13 bits per heavy atom. The van der Waals surface area contributed by atoms with Crippen LogP contribution in [0, 0.1) is 36.3 Å². The molecule has 1 saturated carbocycles. The summed E-state index contributed by atoms with van der Waals surface area (Å²) in [6.45, 7) is 3.94. The number of carbonyl (C=O) groups is 1. The molecule has 230 valence electrons. The van der Waals surface area contributed by atoms with Crippen molar-refractivity contribution in [2.45, 2.75) is 44.4 Å². The fourth-order valence-corrected chi connectivity index (χ4v) is 6.89. The normalized spacial score (nSPS) is 13.4. The summed E-state index contributed by atoms with van der Waals surface area (Å²) in [6, 6.07) is 13.0. The summed E-state index contributed by atoms with van der Waals surface area (Å²) < 4.78 is 48.5. The minimum atomic E-state index is -1.96. The highest BCUT2D eigenvalue weighted by Crippen LogP contribution is 2.38. The maximum absolute atomic E-state index is 15.0. The highest BCUT2D eigenvalue weighted by molar-refractivity contribution is 7.82. The molecular weight excluding hydrogens is 635 g/mol. The second kappa shape index (κ2) is 13.1. The van der Waals surface area contributed by atoms with E-state index in [1.807, 2.05) is 19.1 Å². The molecule has 1 aliphatic carbocycles. The molecular formula is C33H28F2N4O3S3. The Kier molecular flexibility index (Phi) is 9.05. The van der Waals surface area contributed by atoms with Crippen LogP contribution in [0.1, 0.15) is 62.4 Å². The van der Waals surface area contributed by atoms with Gasteiger partial charge in [-0.05, 0) is 87.1 Å². The Morgan fingerprint density at radius 2 is 1.96 bits per heavy atom. The van der Waals surface area contributed by atoms with Gasteiger partial charge in [0.25, 0.3) is 0 Å². The maximum Gasteiger partial charge on any atom is 0.357 e. The molecule has 1 aliphatic rings. The van der Waals surface area contributed by atoms with E-state index < -0.39 is 28.6 Å². The topological polar surface area (TPSA) is 100 Å². The molecule has 0 amide bonds. The molecule has 0 saturated heterocycles. The van der Waals surface area contributed by atoms with E-state index >= 15 is 4.39 Å². The number of aryl methyl sites for hydroxylation is 1. The summed E-state index contributed by atoms with van der Waals surface area (Å²) in [6.07, 6.45) is 3.11. The van der Waals surface area contributed by atoms with Gasteiger partial charge >= 0.3 is 5.97 Å². The van der Waals surface area contributed by atoms with Crippen LogP contribution < -0.4 is 5.14 Å². The van der Waals surface area contributed by atoms with Crippen LogP contribution in [0.5, 0.6) is 0 Å². The van der Waals surface area contributed by atoms with Crippen LogP contribution in [0.15, 0.2) is 58.8 Å². The Labute approximate surface area is 269 Å². The molecule has 6 rings (SSSR count). The monoisotopic (exact) mass is 662 g/mol. The van der Waals surface area contributed by atoms with Gasteiger partial charge < -0.3 is 4.74 Å². The van der Waals surface area contributed by atoms with Gasteiger partial charge in [-0.1, -0.05) is 17.9 Å². The smallest absolute Gasteiger partial charge is 0.357 e. The van der Waals surface area contributed by atoms with Crippen molar-refractivity contribution < 1.29 is 22.5 Å². The van der Waals surface area contributed by atoms with Crippen LogP contribution in [0.4, 0.5) is 8.78 Å². The lowest BCUT2D eigenvalue weighted by molar-refractivity contribution is 0.0520. The largest absolute Gasteiger partial charge is 0.461 e. The molecule has 0 radical (unpaired) electrons. The van der Waals surface area contributed by atoms with Gasteiger partial charge in [-0.2, -0.15) is 5.10 Å². The lowest BCUT2D eigenvalue weighted by atomic mass is 9.96. The van der Waals surface area contributed by atoms with Gasteiger partial charge in [0.1, 0.15) is 22.6 Å². The van der Waals surface area contributed by atoms with E-state index in [-0.39, 0.29) is 29.2 Å². The van der Waals surface area contributed by atoms with Crippen LogP contribution in [-0.2, 0) is 28.6 Å². The molecule has 7 nitrogen and oxygen atoms in total. The molecule has 0 aliphatic heterocycles. The molecule has 1 fully saturated rings. The minimum absolute atomic E-state index is 0.0789. The SMILES string of the molecule is CCOC(=O)c1csc(-n2nc(-c3ccc(F)c(C#Cc4ccc(C)s4)c3)c(Cc3ccc(S(N)=O)c(F)c3)c2CC2CC2)n1. The lowest BCUT2D eigenvalue weighted by Crippen LogP contribution is -2.08. The number of nitrogens with zero attached hydrogens (tertiary/aromatic N) is 3. The van der Waals surface area contributed by atoms with E-state index in [0.29, 0.717) is 34.3 Å². The number of ether oxygens (including phenoxy) is 1. The van der Waals surface area contributed by atoms with Crippen molar-refractivity contribution in [1.29, 1.82) is 0 Å². The van der Waals surface area contributed by atoms with Gasteiger partial charge in [-0.25, -0.2) is 32.6 Å². The number of esters is 1. The molecule has 1 atom stereocenters. The Hall–Kier alpha value is -4.02. The van der Waals surface area contributed by atoms with E-state index in [0.717, 1.165) is 33.9 Å². The first-order valence-electron chi connectivity index (χ1n) is 14.3. The minimum Gasteiger partial charge on any atom is -0.461 e. The third kappa shape index (κ3) is 6.97. The Morgan fingerprint density at radius 3 is 2.64 bits per heavy atom. The van der Waals surface area contributed by atoms with Crippen molar-refractivity contribution in [3.63, 3.8) is 0 Å². The van der Waals surface area contributed by atoms with Crippen molar-refractivity contribution in [2.75, 3.05) is 6.61 Å². The number of thiophene rings is 1. The average molecular weight is 663 g/mol. The van der Waals surface area contributed by atoms with Crippen LogP contribution in [0.2, 0.25) is 0 Å². The van der Waals surface area contributed by atoms with Gasteiger partial charge in [-0.3, -0.25) is 0 Å². The number of aromatic nitrogens is 3. The lowest BCUT2D eigenvalue weighted by Gasteiger charge is -2.10. The highest BCUT2D eigenvalue weighted by Gasteiger charge is 2.29. The molecule has 3 aromatic heterocycles. The average Bonchev–Trinajstić information content (AvgIpc) is 3.35. The molecule has 12 heteroatoms. The van der Waals surface area contributed by atoms with Gasteiger partial charge in [0.05, 0.1) is 33.3 Å². The zero-order chi connectivity index (χ0) is 31.7. The van der Waals surface area contributed by atoms with E-state index in [1.54, 1.807) is 35.2 Å². The Balaban J connectivity index is 1.49. The van der Waals surface area contributed by atoms with Crippen LogP contribution in [-0.4, -0.2) is 31.5 Å². The van der Waals surface area contributed by atoms with Gasteiger partial charge in [-0.15, -0.1) is 22.7 Å². The number of rotatable bonds is 9. The first kappa shape index (κ1) is 31.0. The fraction of sp³-hybridized carbons (Fsp3) is 0.242. The first-order chi connectivity index (χ1) is 21.7. The van der Waals surface area contributed by atoms with Crippen LogP contribution in [0.3, 0.4) is 0 Å². The summed E-state index contributed by atoms with van der Waals surface area (Å²) >= 11 is 2.80. The second-order valence-corrected chi connectivity index (χ2v) is 13.8. The molecule has 2 aromatic carbocycles. The summed E-state index contributed by atoms with van der Waals surface area (Å²) in [5.41, 5.74) is 3.92.